The SMILES string of the molecule is Cc1nocc1C(=O)N1CCC[C@]2(CCN(Cc3cccnc3)C2=O)C1. The highest BCUT2D eigenvalue weighted by Gasteiger charge is 2.49. The first-order chi connectivity index (χ1) is 12.6. The average molecular weight is 354 g/mol. The maximum absolute atomic E-state index is 13.1. The first-order valence-corrected chi connectivity index (χ1v) is 8.98. The van der Waals surface area contributed by atoms with Crippen molar-refractivity contribution in [1.82, 2.24) is 19.9 Å². The van der Waals surface area contributed by atoms with Crippen molar-refractivity contribution in [1.29, 1.82) is 0 Å². The van der Waals surface area contributed by atoms with E-state index in [2.05, 4.69) is 10.1 Å². The van der Waals surface area contributed by atoms with Crippen molar-refractivity contribution in [2.45, 2.75) is 32.7 Å². The topological polar surface area (TPSA) is 79.5 Å². The van der Waals surface area contributed by atoms with Crippen LogP contribution >= 0.6 is 0 Å². The maximum atomic E-state index is 13.1. The molecule has 0 radical (unpaired) electrons. The highest BCUT2D eigenvalue weighted by molar-refractivity contribution is 5.95. The maximum Gasteiger partial charge on any atom is 0.259 e. The Bertz CT molecular complexity index is 819. The Kier molecular flexibility index (Phi) is 4.22. The van der Waals surface area contributed by atoms with Crippen LogP contribution in [0.1, 0.15) is 40.9 Å². The summed E-state index contributed by atoms with van der Waals surface area (Å²) in [5.74, 6) is 0.0576. The Labute approximate surface area is 152 Å². The number of hydrogen-bond acceptors (Lipinski definition) is 5. The molecule has 0 saturated carbocycles. The number of carbonyl (C=O) groups is 2. The van der Waals surface area contributed by atoms with E-state index < -0.39 is 5.41 Å². The number of pyridine rings is 1. The molecular formula is C19H22N4O3. The third-order valence-corrected chi connectivity index (χ3v) is 5.54. The van der Waals surface area contributed by atoms with Gasteiger partial charge in [-0.1, -0.05) is 11.2 Å². The molecule has 4 rings (SSSR count). The lowest BCUT2D eigenvalue weighted by atomic mass is 9.78. The van der Waals surface area contributed by atoms with E-state index in [0.717, 1.165) is 31.4 Å². The fourth-order valence-corrected chi connectivity index (χ4v) is 4.11. The molecule has 7 nitrogen and oxygen atoms in total. The van der Waals surface area contributed by atoms with E-state index in [0.29, 0.717) is 30.9 Å². The van der Waals surface area contributed by atoms with Crippen LogP contribution in [0.2, 0.25) is 0 Å². The van der Waals surface area contributed by atoms with Crippen LogP contribution < -0.4 is 0 Å². The fourth-order valence-electron chi connectivity index (χ4n) is 4.11. The minimum absolute atomic E-state index is 0.0960. The Morgan fingerprint density at radius 3 is 2.96 bits per heavy atom. The Hall–Kier alpha value is -2.70. The average Bonchev–Trinajstić information content (AvgIpc) is 3.21. The van der Waals surface area contributed by atoms with Crippen LogP contribution in [-0.4, -0.2) is 51.4 Å². The van der Waals surface area contributed by atoms with Gasteiger partial charge in [-0.15, -0.1) is 0 Å². The summed E-state index contributed by atoms with van der Waals surface area (Å²) in [6.07, 6.45) is 7.38. The molecule has 2 fully saturated rings. The Morgan fingerprint density at radius 2 is 2.23 bits per heavy atom. The predicted molar refractivity (Wildman–Crippen MR) is 93.1 cm³/mol. The van der Waals surface area contributed by atoms with E-state index in [1.165, 1.54) is 6.26 Å². The van der Waals surface area contributed by atoms with Gasteiger partial charge in [-0.25, -0.2) is 0 Å². The van der Waals surface area contributed by atoms with E-state index in [1.54, 1.807) is 24.2 Å². The molecular weight excluding hydrogens is 332 g/mol. The van der Waals surface area contributed by atoms with Gasteiger partial charge in [0.2, 0.25) is 5.91 Å². The first-order valence-electron chi connectivity index (χ1n) is 8.98. The van der Waals surface area contributed by atoms with Gasteiger partial charge in [-0.05, 0) is 37.8 Å². The lowest BCUT2D eigenvalue weighted by Gasteiger charge is -2.39. The van der Waals surface area contributed by atoms with Gasteiger partial charge < -0.3 is 14.3 Å². The predicted octanol–water partition coefficient (Wildman–Crippen LogP) is 2.03. The van der Waals surface area contributed by atoms with Crippen LogP contribution in [0.5, 0.6) is 0 Å². The van der Waals surface area contributed by atoms with Crippen molar-refractivity contribution in [2.75, 3.05) is 19.6 Å². The summed E-state index contributed by atoms with van der Waals surface area (Å²) in [5, 5.41) is 3.79. The largest absolute Gasteiger partial charge is 0.364 e. The van der Waals surface area contributed by atoms with Crippen molar-refractivity contribution in [3.8, 4) is 0 Å². The van der Waals surface area contributed by atoms with E-state index in [4.69, 9.17) is 4.52 Å². The van der Waals surface area contributed by atoms with Gasteiger partial charge >= 0.3 is 0 Å². The molecule has 2 aromatic heterocycles. The number of hydrogen-bond donors (Lipinski definition) is 0. The number of rotatable bonds is 3. The summed E-state index contributed by atoms with van der Waals surface area (Å²) in [6.45, 7) is 4.20. The molecule has 136 valence electrons. The van der Waals surface area contributed by atoms with Crippen molar-refractivity contribution < 1.29 is 14.1 Å². The van der Waals surface area contributed by atoms with Gasteiger partial charge in [0.25, 0.3) is 5.91 Å². The Balaban J connectivity index is 1.49. The molecule has 0 bridgehead atoms. The zero-order valence-corrected chi connectivity index (χ0v) is 14.9. The monoisotopic (exact) mass is 354 g/mol. The second kappa shape index (κ2) is 6.55. The third-order valence-electron chi connectivity index (χ3n) is 5.54. The molecule has 0 N–H and O–H groups in total. The second-order valence-corrected chi connectivity index (χ2v) is 7.26. The zero-order valence-electron chi connectivity index (χ0n) is 14.9. The van der Waals surface area contributed by atoms with E-state index in [1.807, 2.05) is 17.0 Å². The molecule has 4 heterocycles. The van der Waals surface area contributed by atoms with Crippen LogP contribution in [0.15, 0.2) is 35.3 Å². The van der Waals surface area contributed by atoms with Gasteiger partial charge in [-0.3, -0.25) is 14.6 Å². The van der Waals surface area contributed by atoms with Gasteiger partial charge in [0.1, 0.15) is 11.8 Å². The van der Waals surface area contributed by atoms with Crippen molar-refractivity contribution in [3.05, 3.63) is 47.6 Å². The van der Waals surface area contributed by atoms with Crippen molar-refractivity contribution in [2.24, 2.45) is 5.41 Å². The fraction of sp³-hybridized carbons (Fsp3) is 0.474. The summed E-state index contributed by atoms with van der Waals surface area (Å²) in [7, 11) is 0. The van der Waals surface area contributed by atoms with E-state index in [-0.39, 0.29) is 11.8 Å². The number of aryl methyl sites for hydroxylation is 1. The van der Waals surface area contributed by atoms with Gasteiger partial charge in [-0.2, -0.15) is 0 Å². The van der Waals surface area contributed by atoms with Crippen LogP contribution in [0.25, 0.3) is 0 Å². The van der Waals surface area contributed by atoms with Crippen molar-refractivity contribution in [3.63, 3.8) is 0 Å². The summed E-state index contributed by atoms with van der Waals surface area (Å²) < 4.78 is 4.90. The zero-order chi connectivity index (χ0) is 18.1. The molecule has 0 aliphatic carbocycles. The highest BCUT2D eigenvalue weighted by atomic mass is 16.5. The van der Waals surface area contributed by atoms with Crippen LogP contribution in [-0.2, 0) is 11.3 Å². The number of aromatic nitrogens is 2. The Morgan fingerprint density at radius 1 is 1.35 bits per heavy atom. The molecule has 0 aromatic carbocycles. The molecule has 2 saturated heterocycles. The molecule has 2 aliphatic rings. The first kappa shape index (κ1) is 16.8. The number of nitrogens with zero attached hydrogens (tertiary/aromatic N) is 4. The molecule has 1 atom stereocenters. The summed E-state index contributed by atoms with van der Waals surface area (Å²) in [6, 6.07) is 3.87. The lowest BCUT2D eigenvalue weighted by Crippen LogP contribution is -2.49. The summed E-state index contributed by atoms with van der Waals surface area (Å²) >= 11 is 0. The van der Waals surface area contributed by atoms with Crippen LogP contribution in [0.3, 0.4) is 0 Å². The standard InChI is InChI=1S/C19H22N4O3/c1-14-16(12-26-21-14)17(24)23-8-3-5-19(13-23)6-9-22(18(19)25)11-15-4-2-7-20-10-15/h2,4,7,10,12H,3,5-6,8-9,11,13H2,1H3/t19-/m0/s1. The minimum atomic E-state index is -0.457. The molecule has 1 spiro atoms. The summed E-state index contributed by atoms with van der Waals surface area (Å²) in [4.78, 5) is 33.7. The van der Waals surface area contributed by atoms with E-state index in [9.17, 15) is 9.59 Å². The highest BCUT2D eigenvalue weighted by Crippen LogP contribution is 2.41. The lowest BCUT2D eigenvalue weighted by molar-refractivity contribution is -0.138. The van der Waals surface area contributed by atoms with Gasteiger partial charge in [0.15, 0.2) is 0 Å². The van der Waals surface area contributed by atoms with Crippen LogP contribution in [0, 0.1) is 12.3 Å². The van der Waals surface area contributed by atoms with Crippen LogP contribution in [0.4, 0.5) is 0 Å². The molecule has 0 unspecified atom stereocenters. The number of carbonyl (C=O) groups excluding carboxylic acids is 2. The number of piperidine rings is 1. The molecule has 26 heavy (non-hydrogen) atoms. The molecule has 2 amide bonds. The number of likely N-dealkylation sites (tertiary alicyclic amines) is 2. The smallest absolute Gasteiger partial charge is 0.259 e. The normalized spacial score (nSPS) is 23.0. The third kappa shape index (κ3) is 2.87. The summed E-state index contributed by atoms with van der Waals surface area (Å²) in [5.41, 5.74) is 1.65. The van der Waals surface area contributed by atoms with E-state index >= 15 is 0 Å². The molecule has 7 heteroatoms. The second-order valence-electron chi connectivity index (χ2n) is 7.26. The van der Waals surface area contributed by atoms with Gasteiger partial charge in [0, 0.05) is 38.6 Å². The number of amides is 2. The van der Waals surface area contributed by atoms with Crippen molar-refractivity contribution >= 4 is 11.8 Å². The quantitative estimate of drug-likeness (QED) is 0.843. The minimum Gasteiger partial charge on any atom is -0.364 e. The molecule has 2 aliphatic heterocycles. The van der Waals surface area contributed by atoms with Gasteiger partial charge in [0.05, 0.1) is 11.1 Å². The molecule has 2 aromatic rings.